The minimum absolute atomic E-state index is 0.277. The maximum absolute atomic E-state index is 12.0. The molecule has 0 aliphatic heterocycles. The first-order valence-electron chi connectivity index (χ1n) is 7.23. The highest BCUT2D eigenvalue weighted by molar-refractivity contribution is 7.92. The zero-order valence-electron chi connectivity index (χ0n) is 13.8. The van der Waals surface area contributed by atoms with Crippen molar-refractivity contribution in [3.8, 4) is 5.75 Å². The molecule has 0 spiro atoms. The second-order valence-electron chi connectivity index (χ2n) is 5.62. The summed E-state index contributed by atoms with van der Waals surface area (Å²) in [6.07, 6.45) is 1.88. The monoisotopic (exact) mass is 362 g/mol. The number of halogens is 1. The van der Waals surface area contributed by atoms with Crippen LogP contribution in [0, 0.1) is 5.92 Å². The number of rotatable bonds is 8. The van der Waals surface area contributed by atoms with E-state index >= 15 is 0 Å². The maximum Gasteiger partial charge on any atom is 0.240 e. The fourth-order valence-corrected chi connectivity index (χ4v) is 3.00. The lowest BCUT2D eigenvalue weighted by molar-refractivity contribution is -0.119. The van der Waals surface area contributed by atoms with E-state index in [0.717, 1.165) is 17.0 Å². The van der Waals surface area contributed by atoms with Crippen molar-refractivity contribution in [3.05, 3.63) is 23.2 Å². The molecule has 0 aliphatic carbocycles. The third kappa shape index (κ3) is 6.27. The molecular weight excluding hydrogens is 340 g/mol. The topological polar surface area (TPSA) is 75.7 Å². The number of hydrogen-bond acceptors (Lipinski definition) is 4. The summed E-state index contributed by atoms with van der Waals surface area (Å²) >= 11 is 6.03. The predicted molar refractivity (Wildman–Crippen MR) is 92.7 cm³/mol. The average Bonchev–Trinajstić information content (AvgIpc) is 2.43. The van der Waals surface area contributed by atoms with Gasteiger partial charge in [0, 0.05) is 6.54 Å². The fourth-order valence-electron chi connectivity index (χ4n) is 1.90. The van der Waals surface area contributed by atoms with E-state index in [1.807, 2.05) is 13.8 Å². The van der Waals surface area contributed by atoms with E-state index in [-0.39, 0.29) is 17.5 Å². The summed E-state index contributed by atoms with van der Waals surface area (Å²) in [5, 5.41) is 3.00. The van der Waals surface area contributed by atoms with E-state index < -0.39 is 10.0 Å². The van der Waals surface area contributed by atoms with Gasteiger partial charge in [0.1, 0.15) is 12.3 Å². The van der Waals surface area contributed by atoms with Gasteiger partial charge >= 0.3 is 0 Å². The van der Waals surface area contributed by atoms with Crippen LogP contribution in [0.25, 0.3) is 0 Å². The highest BCUT2D eigenvalue weighted by Gasteiger charge is 2.21. The molecule has 0 atom stereocenters. The van der Waals surface area contributed by atoms with Gasteiger partial charge in [0.25, 0.3) is 0 Å². The Morgan fingerprint density at radius 1 is 1.39 bits per heavy atom. The zero-order valence-corrected chi connectivity index (χ0v) is 15.4. The number of carbonyl (C=O) groups is 1. The van der Waals surface area contributed by atoms with E-state index in [2.05, 4.69) is 5.32 Å². The average molecular weight is 363 g/mol. The standard InChI is InChI=1S/C15H23ClN2O4S/c1-11(2)7-8-17-15(19)10-18(23(4,20)21)12-5-6-14(22-3)13(16)9-12/h5-6,9,11H,7-8,10H2,1-4H3,(H,17,19). The molecule has 0 fully saturated rings. The van der Waals surface area contributed by atoms with Crippen LogP contribution < -0.4 is 14.4 Å². The SMILES string of the molecule is COc1ccc(N(CC(=O)NCCC(C)C)S(C)(=O)=O)cc1Cl. The Morgan fingerprint density at radius 3 is 2.52 bits per heavy atom. The van der Waals surface area contributed by atoms with E-state index in [1.54, 1.807) is 12.1 Å². The van der Waals surface area contributed by atoms with E-state index in [1.165, 1.54) is 13.2 Å². The molecule has 0 aliphatic rings. The summed E-state index contributed by atoms with van der Waals surface area (Å²) < 4.78 is 30.0. The molecule has 0 radical (unpaired) electrons. The normalized spacial score (nSPS) is 11.4. The number of carbonyl (C=O) groups excluding carboxylic acids is 1. The van der Waals surface area contributed by atoms with Crippen LogP contribution in [0.3, 0.4) is 0 Å². The van der Waals surface area contributed by atoms with Crippen LogP contribution in [-0.4, -0.2) is 40.8 Å². The van der Waals surface area contributed by atoms with Crippen molar-refractivity contribution in [3.63, 3.8) is 0 Å². The van der Waals surface area contributed by atoms with Crippen LogP contribution in [-0.2, 0) is 14.8 Å². The number of sulfonamides is 1. The second-order valence-corrected chi connectivity index (χ2v) is 7.93. The minimum Gasteiger partial charge on any atom is -0.495 e. The molecular formula is C15H23ClN2O4S. The molecule has 1 rings (SSSR count). The fraction of sp³-hybridized carbons (Fsp3) is 0.533. The summed E-state index contributed by atoms with van der Waals surface area (Å²) in [6.45, 7) is 4.32. The van der Waals surface area contributed by atoms with Gasteiger partial charge in [0.05, 0.1) is 24.1 Å². The maximum atomic E-state index is 12.0. The molecule has 1 aromatic rings. The first kappa shape index (κ1) is 19.6. The molecule has 0 unspecified atom stereocenters. The van der Waals surface area contributed by atoms with Gasteiger partial charge < -0.3 is 10.1 Å². The van der Waals surface area contributed by atoms with Gasteiger partial charge in [-0.05, 0) is 30.5 Å². The van der Waals surface area contributed by atoms with Crippen molar-refractivity contribution in [1.29, 1.82) is 0 Å². The summed E-state index contributed by atoms with van der Waals surface area (Å²) in [5.41, 5.74) is 0.317. The Balaban J connectivity index is 2.90. The van der Waals surface area contributed by atoms with Crippen LogP contribution in [0.1, 0.15) is 20.3 Å². The van der Waals surface area contributed by atoms with Gasteiger partial charge in [-0.15, -0.1) is 0 Å². The third-order valence-electron chi connectivity index (χ3n) is 3.15. The Labute approximate surface area is 142 Å². The number of methoxy groups -OCH3 is 1. The largest absolute Gasteiger partial charge is 0.495 e. The summed E-state index contributed by atoms with van der Waals surface area (Å²) in [7, 11) is -2.15. The lowest BCUT2D eigenvalue weighted by atomic mass is 10.1. The molecule has 0 heterocycles. The molecule has 0 aromatic heterocycles. The van der Waals surface area contributed by atoms with Crippen molar-refractivity contribution in [1.82, 2.24) is 5.32 Å². The van der Waals surface area contributed by atoms with Crippen LogP contribution in [0.2, 0.25) is 5.02 Å². The minimum atomic E-state index is -3.62. The third-order valence-corrected chi connectivity index (χ3v) is 4.59. The second kappa shape index (κ2) is 8.40. The Morgan fingerprint density at radius 2 is 2.04 bits per heavy atom. The molecule has 6 nitrogen and oxygen atoms in total. The molecule has 1 amide bonds. The van der Waals surface area contributed by atoms with E-state index in [9.17, 15) is 13.2 Å². The number of anilines is 1. The van der Waals surface area contributed by atoms with Crippen LogP contribution in [0.4, 0.5) is 5.69 Å². The van der Waals surface area contributed by atoms with Crippen molar-refractivity contribution in [2.24, 2.45) is 5.92 Å². The molecule has 1 N–H and O–H groups in total. The number of hydrogen-bond donors (Lipinski definition) is 1. The van der Waals surface area contributed by atoms with Gasteiger partial charge in [-0.2, -0.15) is 0 Å². The van der Waals surface area contributed by atoms with E-state index in [4.69, 9.17) is 16.3 Å². The zero-order chi connectivity index (χ0) is 17.6. The number of amides is 1. The smallest absolute Gasteiger partial charge is 0.240 e. The Hall–Kier alpha value is -1.47. The summed E-state index contributed by atoms with van der Waals surface area (Å²) in [6, 6.07) is 4.57. The van der Waals surface area contributed by atoms with Crippen molar-refractivity contribution in [2.75, 3.05) is 30.8 Å². The molecule has 0 saturated heterocycles. The highest BCUT2D eigenvalue weighted by atomic mass is 35.5. The molecule has 1 aromatic carbocycles. The molecule has 0 saturated carbocycles. The van der Waals surface area contributed by atoms with Crippen molar-refractivity contribution in [2.45, 2.75) is 20.3 Å². The van der Waals surface area contributed by atoms with Gasteiger partial charge in [-0.3, -0.25) is 9.10 Å². The van der Waals surface area contributed by atoms with Crippen molar-refractivity contribution >= 4 is 33.2 Å². The van der Waals surface area contributed by atoms with Gasteiger partial charge in [0.15, 0.2) is 0 Å². The van der Waals surface area contributed by atoms with Gasteiger partial charge in [0.2, 0.25) is 15.9 Å². The molecule has 23 heavy (non-hydrogen) atoms. The molecule has 8 heteroatoms. The number of ether oxygens (including phenoxy) is 1. The van der Waals surface area contributed by atoms with Gasteiger partial charge in [-0.25, -0.2) is 8.42 Å². The highest BCUT2D eigenvalue weighted by Crippen LogP contribution is 2.30. The van der Waals surface area contributed by atoms with Gasteiger partial charge in [-0.1, -0.05) is 25.4 Å². The number of benzene rings is 1. The quantitative estimate of drug-likeness (QED) is 0.769. The van der Waals surface area contributed by atoms with Crippen LogP contribution in [0.5, 0.6) is 5.75 Å². The molecule has 0 bridgehead atoms. The number of nitrogens with zero attached hydrogens (tertiary/aromatic N) is 1. The predicted octanol–water partition coefficient (Wildman–Crippen LogP) is 2.28. The Bertz CT molecular complexity index is 647. The van der Waals surface area contributed by atoms with Crippen LogP contribution in [0.15, 0.2) is 18.2 Å². The molecule has 130 valence electrons. The summed E-state index contributed by atoms with van der Waals surface area (Å²) in [4.78, 5) is 12.0. The number of nitrogens with one attached hydrogen (secondary N) is 1. The van der Waals surface area contributed by atoms with E-state index in [0.29, 0.717) is 23.9 Å². The lowest BCUT2D eigenvalue weighted by Crippen LogP contribution is -2.40. The first-order valence-corrected chi connectivity index (χ1v) is 9.45. The Kier molecular flexibility index (Phi) is 7.15. The van der Waals surface area contributed by atoms with Crippen LogP contribution >= 0.6 is 11.6 Å². The summed E-state index contributed by atoms with van der Waals surface area (Å²) in [5.74, 6) is 0.537. The first-order chi connectivity index (χ1) is 10.6. The lowest BCUT2D eigenvalue weighted by Gasteiger charge is -2.22. The van der Waals surface area contributed by atoms with Crippen molar-refractivity contribution < 1.29 is 17.9 Å².